The lowest BCUT2D eigenvalue weighted by Crippen LogP contribution is -2.30. The predicted octanol–water partition coefficient (Wildman–Crippen LogP) is 2.60. The summed E-state index contributed by atoms with van der Waals surface area (Å²) >= 11 is 1.18. The highest BCUT2D eigenvalue weighted by Gasteiger charge is 2.54. The molecular formula is C19H15N3O5S. The molecule has 0 saturated carbocycles. The Labute approximate surface area is 163 Å². The quantitative estimate of drug-likeness (QED) is 0.370. The molecule has 9 heteroatoms. The summed E-state index contributed by atoms with van der Waals surface area (Å²) in [5.41, 5.74) is 0.609. The molecule has 2 aromatic heterocycles. The van der Waals surface area contributed by atoms with Crippen molar-refractivity contribution in [3.63, 3.8) is 0 Å². The zero-order chi connectivity index (χ0) is 19.8. The molecule has 8 nitrogen and oxygen atoms in total. The van der Waals surface area contributed by atoms with Crippen molar-refractivity contribution >= 4 is 33.9 Å². The second kappa shape index (κ2) is 7.01. The van der Waals surface area contributed by atoms with Gasteiger partial charge >= 0.3 is 0 Å². The van der Waals surface area contributed by atoms with Crippen molar-refractivity contribution in [3.8, 4) is 5.75 Å². The molecule has 0 N–H and O–H groups in total. The van der Waals surface area contributed by atoms with Crippen LogP contribution in [0, 0.1) is 12.8 Å². The number of amides is 1. The van der Waals surface area contributed by atoms with Gasteiger partial charge in [0.1, 0.15) is 16.7 Å². The number of aryl methyl sites for hydroxylation is 1. The van der Waals surface area contributed by atoms with Crippen molar-refractivity contribution in [3.05, 3.63) is 59.0 Å². The number of rotatable bonds is 5. The molecule has 1 aromatic carbocycles. The number of aromatic nitrogens is 2. The molecule has 2 atom stereocenters. The maximum Gasteiger partial charge on any atom is 0.297 e. The van der Waals surface area contributed by atoms with E-state index in [0.717, 1.165) is 0 Å². The lowest BCUT2D eigenvalue weighted by molar-refractivity contribution is -0.135. The lowest BCUT2D eigenvalue weighted by atomic mass is 9.88. The minimum Gasteiger partial charge on any atom is -0.497 e. The van der Waals surface area contributed by atoms with Gasteiger partial charge in [0.15, 0.2) is 5.76 Å². The fourth-order valence-electron chi connectivity index (χ4n) is 3.24. The number of furan rings is 1. The Morgan fingerprint density at radius 3 is 2.50 bits per heavy atom. The van der Waals surface area contributed by atoms with E-state index in [9.17, 15) is 14.4 Å². The third kappa shape index (κ3) is 2.89. The van der Waals surface area contributed by atoms with E-state index in [4.69, 9.17) is 9.15 Å². The zero-order valence-electron chi connectivity index (χ0n) is 15.0. The number of ether oxygens (including phenoxy) is 1. The van der Waals surface area contributed by atoms with Crippen LogP contribution >= 0.6 is 11.3 Å². The number of benzene rings is 1. The molecule has 3 heterocycles. The van der Waals surface area contributed by atoms with E-state index in [-0.39, 0.29) is 10.9 Å². The number of Topliss-reactive ketones (excluding diaryl/α,β-unsaturated/α-hetero) is 2. The highest BCUT2D eigenvalue weighted by molar-refractivity contribution is 7.15. The Hall–Kier alpha value is -3.33. The Morgan fingerprint density at radius 2 is 1.93 bits per heavy atom. The van der Waals surface area contributed by atoms with Crippen LogP contribution in [0.1, 0.15) is 27.2 Å². The van der Waals surface area contributed by atoms with Gasteiger partial charge in [-0.15, -0.1) is 10.2 Å². The topological polar surface area (TPSA) is 103 Å². The minimum atomic E-state index is -1.24. The van der Waals surface area contributed by atoms with Crippen LogP contribution in [0.4, 0.5) is 5.13 Å². The van der Waals surface area contributed by atoms with Gasteiger partial charge in [0.25, 0.3) is 5.91 Å². The summed E-state index contributed by atoms with van der Waals surface area (Å²) in [5, 5.41) is 8.86. The lowest BCUT2D eigenvalue weighted by Gasteiger charge is -2.24. The van der Waals surface area contributed by atoms with Gasteiger partial charge in [-0.1, -0.05) is 23.5 Å². The van der Waals surface area contributed by atoms with Crippen molar-refractivity contribution in [2.45, 2.75) is 13.0 Å². The van der Waals surface area contributed by atoms with Crippen molar-refractivity contribution in [1.82, 2.24) is 10.2 Å². The van der Waals surface area contributed by atoms with Gasteiger partial charge in [-0.25, -0.2) is 0 Å². The number of ketones is 2. The van der Waals surface area contributed by atoms with Gasteiger partial charge in [-0.3, -0.25) is 19.3 Å². The van der Waals surface area contributed by atoms with Crippen LogP contribution in [0.2, 0.25) is 0 Å². The van der Waals surface area contributed by atoms with E-state index in [1.54, 1.807) is 37.3 Å². The van der Waals surface area contributed by atoms with Gasteiger partial charge < -0.3 is 9.15 Å². The Balaban J connectivity index is 1.84. The van der Waals surface area contributed by atoms with E-state index < -0.39 is 29.4 Å². The first-order chi connectivity index (χ1) is 13.5. The van der Waals surface area contributed by atoms with E-state index in [0.29, 0.717) is 16.3 Å². The molecule has 1 fully saturated rings. The van der Waals surface area contributed by atoms with E-state index in [1.807, 2.05) is 0 Å². The first-order valence-electron chi connectivity index (χ1n) is 8.40. The molecule has 0 spiro atoms. The van der Waals surface area contributed by atoms with Crippen LogP contribution in [-0.2, 0) is 9.59 Å². The summed E-state index contributed by atoms with van der Waals surface area (Å²) in [7, 11) is 1.54. The molecule has 1 aliphatic heterocycles. The zero-order valence-corrected chi connectivity index (χ0v) is 15.8. The average Bonchev–Trinajstić information content (AvgIpc) is 3.43. The Bertz CT molecular complexity index is 1040. The third-order valence-corrected chi connectivity index (χ3v) is 5.37. The summed E-state index contributed by atoms with van der Waals surface area (Å²) < 4.78 is 10.4. The Morgan fingerprint density at radius 1 is 1.18 bits per heavy atom. The standard InChI is InChI=1S/C19H15N3O5S/c1-10-20-21-19(28-10)22-15(11-5-7-12(26-2)8-6-11)14(17(24)18(22)25)16(23)13-4-3-9-27-13/h3-9,14-15H,1-2H3. The minimum absolute atomic E-state index is 0.0277. The van der Waals surface area contributed by atoms with Gasteiger partial charge in [-0.2, -0.15) is 0 Å². The number of anilines is 1. The van der Waals surface area contributed by atoms with Crippen molar-refractivity contribution in [2.24, 2.45) is 5.92 Å². The maximum absolute atomic E-state index is 13.0. The molecule has 3 aromatic rings. The van der Waals surface area contributed by atoms with Gasteiger partial charge in [0, 0.05) is 0 Å². The molecule has 0 bridgehead atoms. The van der Waals surface area contributed by atoms with Crippen molar-refractivity contribution in [2.75, 3.05) is 12.0 Å². The van der Waals surface area contributed by atoms with Gasteiger partial charge in [-0.05, 0) is 36.8 Å². The van der Waals surface area contributed by atoms with Crippen LogP contribution in [0.15, 0.2) is 47.1 Å². The summed E-state index contributed by atoms with van der Waals surface area (Å²) in [5.74, 6) is -2.73. The summed E-state index contributed by atoms with van der Waals surface area (Å²) in [6.07, 6.45) is 1.35. The molecule has 0 radical (unpaired) electrons. The molecule has 142 valence electrons. The summed E-state index contributed by atoms with van der Waals surface area (Å²) in [6.45, 7) is 1.75. The SMILES string of the molecule is COc1ccc(C2C(C(=O)c3ccco3)C(=O)C(=O)N2c2nnc(C)s2)cc1. The monoisotopic (exact) mass is 397 g/mol. The van der Waals surface area contributed by atoms with Crippen LogP contribution in [-0.4, -0.2) is 34.8 Å². The second-order valence-electron chi connectivity index (χ2n) is 6.18. The highest BCUT2D eigenvalue weighted by Crippen LogP contribution is 2.42. The molecule has 2 unspecified atom stereocenters. The molecule has 28 heavy (non-hydrogen) atoms. The van der Waals surface area contributed by atoms with Crippen LogP contribution < -0.4 is 9.64 Å². The molecule has 4 rings (SSSR count). The van der Waals surface area contributed by atoms with E-state index >= 15 is 0 Å². The van der Waals surface area contributed by atoms with Crippen LogP contribution in [0.3, 0.4) is 0 Å². The fourth-order valence-corrected chi connectivity index (χ4v) is 3.96. The second-order valence-corrected chi connectivity index (χ2v) is 7.34. The first-order valence-corrected chi connectivity index (χ1v) is 9.22. The summed E-state index contributed by atoms with van der Waals surface area (Å²) in [4.78, 5) is 39.9. The molecule has 1 aliphatic rings. The Kier molecular flexibility index (Phi) is 4.52. The van der Waals surface area contributed by atoms with E-state index in [2.05, 4.69) is 10.2 Å². The number of hydrogen-bond donors (Lipinski definition) is 0. The number of hydrogen-bond acceptors (Lipinski definition) is 8. The highest BCUT2D eigenvalue weighted by atomic mass is 32.1. The first kappa shape index (κ1) is 18.1. The van der Waals surface area contributed by atoms with Gasteiger partial charge in [0.2, 0.25) is 16.7 Å². The maximum atomic E-state index is 13.0. The molecular weight excluding hydrogens is 382 g/mol. The van der Waals surface area contributed by atoms with E-state index in [1.165, 1.54) is 35.7 Å². The van der Waals surface area contributed by atoms with Gasteiger partial charge in [0.05, 0.1) is 19.4 Å². The smallest absolute Gasteiger partial charge is 0.297 e. The molecule has 0 aliphatic carbocycles. The van der Waals surface area contributed by atoms with Crippen LogP contribution in [0.5, 0.6) is 5.75 Å². The van der Waals surface area contributed by atoms with Crippen LogP contribution in [0.25, 0.3) is 0 Å². The number of nitrogens with zero attached hydrogens (tertiary/aromatic N) is 3. The molecule has 1 amide bonds. The largest absolute Gasteiger partial charge is 0.497 e. The average molecular weight is 397 g/mol. The van der Waals surface area contributed by atoms with Crippen molar-refractivity contribution in [1.29, 1.82) is 0 Å². The summed E-state index contributed by atoms with van der Waals surface area (Å²) in [6, 6.07) is 9.04. The predicted molar refractivity (Wildman–Crippen MR) is 99.4 cm³/mol. The molecule has 1 saturated heterocycles. The number of carbonyl (C=O) groups is 3. The number of carbonyl (C=O) groups excluding carboxylic acids is 3. The third-order valence-electron chi connectivity index (χ3n) is 4.53. The van der Waals surface area contributed by atoms with Crippen molar-refractivity contribution < 1.29 is 23.5 Å². The fraction of sp³-hybridized carbons (Fsp3) is 0.211. The number of methoxy groups -OCH3 is 1. The normalized spacial score (nSPS) is 19.3.